The number of halogens is 1. The van der Waals surface area contributed by atoms with Gasteiger partial charge in [0.2, 0.25) is 0 Å². The van der Waals surface area contributed by atoms with Gasteiger partial charge in [0.25, 0.3) is 0 Å². The zero-order valence-corrected chi connectivity index (χ0v) is 9.17. The first kappa shape index (κ1) is 9.37. The van der Waals surface area contributed by atoms with Crippen molar-refractivity contribution in [3.05, 3.63) is 35.1 Å². The predicted octanol–water partition coefficient (Wildman–Crippen LogP) is 2.50. The second-order valence-corrected chi connectivity index (χ2v) is 4.71. The molecule has 1 N–H and O–H groups in total. The third kappa shape index (κ3) is 1.58. The lowest BCUT2D eigenvalue weighted by Crippen LogP contribution is -2.54. The van der Waals surface area contributed by atoms with Crippen LogP contribution in [-0.4, -0.2) is 17.6 Å². The molecular formula is C12H13ClN2. The molecule has 2 nitrogen and oxygen atoms in total. The van der Waals surface area contributed by atoms with Gasteiger partial charge in [0.05, 0.1) is 5.02 Å². The maximum absolute atomic E-state index is 5.96. The molecule has 0 saturated carbocycles. The number of hydrogen-bond donors (Lipinski definition) is 1. The summed E-state index contributed by atoms with van der Waals surface area (Å²) in [6, 6.07) is 2.54. The number of nitrogens with zero attached hydrogens (tertiary/aromatic N) is 1. The molecule has 0 spiro atoms. The van der Waals surface area contributed by atoms with Gasteiger partial charge < -0.3 is 5.32 Å². The number of allylic oxidation sites excluding steroid dienone is 1. The molecule has 1 fully saturated rings. The summed E-state index contributed by atoms with van der Waals surface area (Å²) < 4.78 is 0. The first-order valence-electron chi connectivity index (χ1n) is 5.39. The topological polar surface area (TPSA) is 24.9 Å². The van der Waals surface area contributed by atoms with E-state index in [0.29, 0.717) is 6.04 Å². The number of fused-ring (bicyclic) bond motifs is 1. The maximum Gasteiger partial charge on any atom is 0.0595 e. The van der Waals surface area contributed by atoms with Crippen molar-refractivity contribution in [2.75, 3.05) is 6.54 Å². The third-order valence-corrected chi connectivity index (χ3v) is 3.55. The van der Waals surface area contributed by atoms with Crippen LogP contribution in [0.4, 0.5) is 0 Å². The molecule has 1 aliphatic carbocycles. The molecule has 2 aliphatic rings. The van der Waals surface area contributed by atoms with Crippen LogP contribution in [-0.2, 0) is 0 Å². The van der Waals surface area contributed by atoms with Gasteiger partial charge in [-0.25, -0.2) is 0 Å². The Kier molecular flexibility index (Phi) is 2.26. The molecule has 0 radical (unpaired) electrons. The van der Waals surface area contributed by atoms with E-state index in [1.807, 2.05) is 12.3 Å². The zero-order valence-electron chi connectivity index (χ0n) is 8.41. The van der Waals surface area contributed by atoms with E-state index in [2.05, 4.69) is 16.4 Å². The van der Waals surface area contributed by atoms with E-state index >= 15 is 0 Å². The van der Waals surface area contributed by atoms with Crippen LogP contribution in [0.15, 0.2) is 24.5 Å². The average Bonchev–Trinajstić information content (AvgIpc) is 2.19. The monoisotopic (exact) mass is 220 g/mol. The van der Waals surface area contributed by atoms with Crippen molar-refractivity contribution in [2.45, 2.75) is 18.9 Å². The predicted molar refractivity (Wildman–Crippen MR) is 61.7 cm³/mol. The van der Waals surface area contributed by atoms with Gasteiger partial charge in [0, 0.05) is 25.0 Å². The first-order valence-corrected chi connectivity index (χ1v) is 5.77. The molecule has 3 heteroatoms. The minimum atomic E-state index is 0.541. The molecule has 0 bridgehead atoms. The lowest BCUT2D eigenvalue weighted by molar-refractivity contribution is 0.262. The molecule has 78 valence electrons. The van der Waals surface area contributed by atoms with E-state index in [-0.39, 0.29) is 0 Å². The van der Waals surface area contributed by atoms with Crippen molar-refractivity contribution in [3.63, 3.8) is 0 Å². The smallest absolute Gasteiger partial charge is 0.0595 e. The van der Waals surface area contributed by atoms with Crippen LogP contribution in [0.3, 0.4) is 0 Å². The summed E-state index contributed by atoms with van der Waals surface area (Å²) in [6.07, 6.45) is 8.40. The van der Waals surface area contributed by atoms with Crippen molar-refractivity contribution in [3.8, 4) is 0 Å². The first-order chi connectivity index (χ1) is 7.34. The van der Waals surface area contributed by atoms with Crippen molar-refractivity contribution >= 4 is 17.2 Å². The van der Waals surface area contributed by atoms with Gasteiger partial charge in [0.1, 0.15) is 0 Å². The summed E-state index contributed by atoms with van der Waals surface area (Å²) in [7, 11) is 0. The van der Waals surface area contributed by atoms with Gasteiger partial charge in [-0.3, -0.25) is 4.98 Å². The minimum absolute atomic E-state index is 0.541. The maximum atomic E-state index is 5.96. The highest BCUT2D eigenvalue weighted by Crippen LogP contribution is 2.35. The second-order valence-electron chi connectivity index (χ2n) is 4.27. The Bertz CT molecular complexity index is 414. The lowest BCUT2D eigenvalue weighted by Gasteiger charge is -2.42. The Morgan fingerprint density at radius 2 is 2.33 bits per heavy atom. The molecule has 2 heterocycles. The summed E-state index contributed by atoms with van der Waals surface area (Å²) in [5.41, 5.74) is 2.55. The van der Waals surface area contributed by atoms with Crippen molar-refractivity contribution in [1.29, 1.82) is 0 Å². The van der Waals surface area contributed by atoms with Gasteiger partial charge in [-0.2, -0.15) is 0 Å². The van der Waals surface area contributed by atoms with Crippen LogP contribution >= 0.6 is 11.6 Å². The Morgan fingerprint density at radius 3 is 3.07 bits per heavy atom. The standard InChI is InChI=1S/C12H13ClN2/c13-10-4-9(5-14-7-10)11-3-1-2-8-6-15-12(8)11/h3-5,7-8,12,15H,1-2,6H2/t8-,12+/m1/s1. The van der Waals surface area contributed by atoms with Crippen LogP contribution in [0.5, 0.6) is 0 Å². The molecule has 1 aromatic rings. The van der Waals surface area contributed by atoms with Gasteiger partial charge in [0.15, 0.2) is 0 Å². The summed E-state index contributed by atoms with van der Waals surface area (Å²) in [5.74, 6) is 0.823. The van der Waals surface area contributed by atoms with Gasteiger partial charge >= 0.3 is 0 Å². The Hall–Kier alpha value is -0.860. The summed E-state index contributed by atoms with van der Waals surface area (Å²) >= 11 is 5.96. The largest absolute Gasteiger partial charge is 0.309 e. The summed E-state index contributed by atoms with van der Waals surface area (Å²) in [4.78, 5) is 4.14. The number of hydrogen-bond acceptors (Lipinski definition) is 2. The lowest BCUT2D eigenvalue weighted by atomic mass is 9.76. The van der Waals surface area contributed by atoms with E-state index in [9.17, 15) is 0 Å². The molecule has 3 rings (SSSR count). The highest BCUT2D eigenvalue weighted by molar-refractivity contribution is 6.30. The van der Waals surface area contributed by atoms with E-state index < -0.39 is 0 Å². The minimum Gasteiger partial charge on any atom is -0.309 e. The molecule has 0 amide bonds. The van der Waals surface area contributed by atoms with E-state index in [1.54, 1.807) is 6.20 Å². The number of pyridine rings is 1. The second kappa shape index (κ2) is 3.62. The number of aromatic nitrogens is 1. The molecule has 2 atom stereocenters. The number of nitrogens with one attached hydrogen (secondary N) is 1. The Balaban J connectivity index is 1.96. The average molecular weight is 221 g/mol. The van der Waals surface area contributed by atoms with Crippen LogP contribution in [0.2, 0.25) is 5.02 Å². The normalized spacial score (nSPS) is 29.0. The van der Waals surface area contributed by atoms with Crippen LogP contribution < -0.4 is 5.32 Å². The zero-order chi connectivity index (χ0) is 10.3. The van der Waals surface area contributed by atoms with E-state index in [1.165, 1.54) is 24.0 Å². The number of rotatable bonds is 1. The molecule has 0 aromatic carbocycles. The van der Waals surface area contributed by atoms with E-state index in [0.717, 1.165) is 17.5 Å². The molecule has 1 aliphatic heterocycles. The molecular weight excluding hydrogens is 208 g/mol. The molecule has 0 unspecified atom stereocenters. The van der Waals surface area contributed by atoms with Gasteiger partial charge in [-0.05, 0) is 36.0 Å². The fourth-order valence-corrected chi connectivity index (χ4v) is 2.66. The quantitative estimate of drug-likeness (QED) is 0.787. The third-order valence-electron chi connectivity index (χ3n) is 3.35. The van der Waals surface area contributed by atoms with Crippen LogP contribution in [0, 0.1) is 5.92 Å². The fraction of sp³-hybridized carbons (Fsp3) is 0.417. The van der Waals surface area contributed by atoms with Crippen molar-refractivity contribution in [1.82, 2.24) is 10.3 Å². The summed E-state index contributed by atoms with van der Waals surface area (Å²) in [6.45, 7) is 1.16. The van der Waals surface area contributed by atoms with Crippen molar-refractivity contribution < 1.29 is 0 Å². The van der Waals surface area contributed by atoms with Crippen LogP contribution in [0.1, 0.15) is 18.4 Å². The highest BCUT2D eigenvalue weighted by atomic mass is 35.5. The molecule has 1 aromatic heterocycles. The van der Waals surface area contributed by atoms with E-state index in [4.69, 9.17) is 11.6 Å². The van der Waals surface area contributed by atoms with Gasteiger partial charge in [-0.15, -0.1) is 0 Å². The fourth-order valence-electron chi connectivity index (χ4n) is 2.48. The Labute approximate surface area is 94.4 Å². The SMILES string of the molecule is Clc1cncc(C2=CCC[C@@H]3CN[C@H]23)c1. The van der Waals surface area contributed by atoms with Crippen LogP contribution in [0.25, 0.3) is 5.57 Å². The van der Waals surface area contributed by atoms with Crippen molar-refractivity contribution in [2.24, 2.45) is 5.92 Å². The molecule has 1 saturated heterocycles. The highest BCUT2D eigenvalue weighted by Gasteiger charge is 2.35. The van der Waals surface area contributed by atoms with Gasteiger partial charge in [-0.1, -0.05) is 17.7 Å². The molecule has 15 heavy (non-hydrogen) atoms. The Morgan fingerprint density at radius 1 is 1.40 bits per heavy atom. The summed E-state index contributed by atoms with van der Waals surface area (Å²) in [5, 5.41) is 4.19.